The van der Waals surface area contributed by atoms with Gasteiger partial charge in [-0.2, -0.15) is 0 Å². The molecule has 1 N–H and O–H groups in total. The Morgan fingerprint density at radius 2 is 1.64 bits per heavy atom. The van der Waals surface area contributed by atoms with Gasteiger partial charge in [0.05, 0.1) is 11.4 Å². The number of hydrogen-bond donors (Lipinski definition) is 1. The Bertz CT molecular complexity index is 656. The maximum atomic E-state index is 12.3. The highest BCUT2D eigenvalue weighted by atomic mass is 32.2. The second-order valence-electron chi connectivity index (χ2n) is 6.98. The number of carbonyl (C=O) groups excluding carboxylic acids is 1. The maximum absolute atomic E-state index is 12.3. The van der Waals surface area contributed by atoms with Gasteiger partial charge in [0.1, 0.15) is 0 Å². The fourth-order valence-electron chi connectivity index (χ4n) is 2.90. The molecular formula is C19H32N2O3S. The van der Waals surface area contributed by atoms with E-state index in [9.17, 15) is 13.2 Å². The molecule has 0 aromatic heterocycles. The Morgan fingerprint density at radius 1 is 1.12 bits per heavy atom. The molecule has 6 heteroatoms. The van der Waals surface area contributed by atoms with E-state index in [1.54, 1.807) is 4.90 Å². The van der Waals surface area contributed by atoms with Gasteiger partial charge >= 0.3 is 0 Å². The molecule has 25 heavy (non-hydrogen) atoms. The lowest BCUT2D eigenvalue weighted by molar-refractivity contribution is -0.116. The van der Waals surface area contributed by atoms with Crippen LogP contribution in [-0.4, -0.2) is 33.2 Å². The molecular weight excluding hydrogens is 336 g/mol. The molecule has 0 atom stereocenters. The molecule has 1 aromatic carbocycles. The third kappa shape index (κ3) is 6.12. The quantitative estimate of drug-likeness (QED) is 0.724. The van der Waals surface area contributed by atoms with Gasteiger partial charge in [0.25, 0.3) is 0 Å². The summed E-state index contributed by atoms with van der Waals surface area (Å²) in [6.45, 7) is 12.3. The van der Waals surface area contributed by atoms with Crippen LogP contribution in [0.25, 0.3) is 0 Å². The molecule has 5 nitrogen and oxygen atoms in total. The molecule has 0 saturated heterocycles. The number of hydrogen-bond acceptors (Lipinski definition) is 3. The Hall–Kier alpha value is -1.40. The van der Waals surface area contributed by atoms with Crippen molar-refractivity contribution in [2.45, 2.75) is 59.8 Å². The number of rotatable bonds is 9. The number of anilines is 1. The normalized spacial score (nSPS) is 12.0. The van der Waals surface area contributed by atoms with Crippen LogP contribution in [-0.2, 0) is 14.8 Å². The molecule has 0 fully saturated rings. The molecule has 1 aromatic rings. The summed E-state index contributed by atoms with van der Waals surface area (Å²) in [5.74, 6) is 0.566. The van der Waals surface area contributed by atoms with Gasteiger partial charge in [-0.25, -0.2) is 13.1 Å². The minimum absolute atomic E-state index is 0.0790. The third-order valence-corrected chi connectivity index (χ3v) is 5.71. The van der Waals surface area contributed by atoms with Crippen LogP contribution < -0.4 is 9.62 Å². The Kier molecular flexibility index (Phi) is 8.09. The first-order valence-electron chi connectivity index (χ1n) is 8.99. The Balaban J connectivity index is 3.16. The monoisotopic (exact) mass is 368 g/mol. The van der Waals surface area contributed by atoms with Gasteiger partial charge in [-0.15, -0.1) is 0 Å². The average molecular weight is 369 g/mol. The number of para-hydroxylation sites is 1. The van der Waals surface area contributed by atoms with Crippen molar-refractivity contribution in [3.05, 3.63) is 29.3 Å². The van der Waals surface area contributed by atoms with Crippen LogP contribution in [0.15, 0.2) is 18.2 Å². The van der Waals surface area contributed by atoms with Gasteiger partial charge in [0, 0.05) is 20.0 Å². The zero-order valence-electron chi connectivity index (χ0n) is 16.3. The molecule has 0 radical (unpaired) electrons. The van der Waals surface area contributed by atoms with Crippen LogP contribution >= 0.6 is 0 Å². The lowest BCUT2D eigenvalue weighted by Crippen LogP contribution is -2.39. The Labute approximate surface area is 152 Å². The summed E-state index contributed by atoms with van der Waals surface area (Å²) in [6, 6.07) is 6.11. The topological polar surface area (TPSA) is 66.5 Å². The number of carbonyl (C=O) groups is 1. The molecule has 0 spiro atoms. The van der Waals surface area contributed by atoms with Gasteiger partial charge in [-0.05, 0) is 29.4 Å². The largest absolute Gasteiger partial charge is 0.311 e. The summed E-state index contributed by atoms with van der Waals surface area (Å²) < 4.78 is 26.3. The van der Waals surface area contributed by atoms with Gasteiger partial charge in [0.2, 0.25) is 15.9 Å². The average Bonchev–Trinajstić information content (AvgIpc) is 2.50. The summed E-state index contributed by atoms with van der Waals surface area (Å²) in [5, 5.41) is 0. The second-order valence-corrected chi connectivity index (χ2v) is 8.90. The van der Waals surface area contributed by atoms with Crippen LogP contribution in [0.2, 0.25) is 0 Å². The fourth-order valence-corrected chi connectivity index (χ4v) is 3.99. The first-order chi connectivity index (χ1) is 11.6. The molecule has 0 saturated carbocycles. The van der Waals surface area contributed by atoms with Crippen molar-refractivity contribution in [1.82, 2.24) is 4.72 Å². The minimum atomic E-state index is -3.28. The van der Waals surface area contributed by atoms with Crippen LogP contribution in [0.4, 0.5) is 5.69 Å². The first-order valence-corrected chi connectivity index (χ1v) is 10.6. The smallest absolute Gasteiger partial charge is 0.223 e. The summed E-state index contributed by atoms with van der Waals surface area (Å²) in [6.07, 6.45) is 0.569. The van der Waals surface area contributed by atoms with Gasteiger partial charge < -0.3 is 4.90 Å². The lowest BCUT2D eigenvalue weighted by Gasteiger charge is -2.29. The third-order valence-electron chi connectivity index (χ3n) is 4.12. The number of benzene rings is 1. The SMILES string of the molecule is CCCS(=O)(=O)NCCN(C(C)=O)c1c(C(C)C)cccc1C(C)C. The Morgan fingerprint density at radius 3 is 2.04 bits per heavy atom. The van der Waals surface area contributed by atoms with Crippen molar-refractivity contribution in [2.24, 2.45) is 0 Å². The molecule has 0 unspecified atom stereocenters. The van der Waals surface area contributed by atoms with Crippen LogP contribution in [0.5, 0.6) is 0 Å². The van der Waals surface area contributed by atoms with E-state index < -0.39 is 10.0 Å². The molecule has 0 aliphatic carbocycles. The molecule has 0 bridgehead atoms. The van der Waals surface area contributed by atoms with Crippen molar-refractivity contribution in [2.75, 3.05) is 23.7 Å². The van der Waals surface area contributed by atoms with E-state index in [0.717, 1.165) is 16.8 Å². The number of nitrogens with zero attached hydrogens (tertiary/aromatic N) is 1. The molecule has 0 heterocycles. The second kappa shape index (κ2) is 9.34. The summed E-state index contributed by atoms with van der Waals surface area (Å²) >= 11 is 0. The molecule has 1 amide bonds. The highest BCUT2D eigenvalue weighted by molar-refractivity contribution is 7.89. The first kappa shape index (κ1) is 21.6. The standard InChI is InChI=1S/C19H32N2O3S/c1-7-13-25(23,24)20-11-12-21(16(6)22)19-17(14(2)3)9-8-10-18(19)15(4)5/h8-10,14-15,20H,7,11-13H2,1-6H3. The van der Waals surface area contributed by atoms with E-state index >= 15 is 0 Å². The molecule has 142 valence electrons. The van der Waals surface area contributed by atoms with E-state index in [2.05, 4.69) is 32.4 Å². The van der Waals surface area contributed by atoms with E-state index in [-0.39, 0.29) is 30.0 Å². The van der Waals surface area contributed by atoms with Crippen LogP contribution in [0.1, 0.15) is 70.9 Å². The zero-order valence-corrected chi connectivity index (χ0v) is 17.1. The molecule has 0 aliphatic heterocycles. The number of amides is 1. The predicted octanol–water partition coefficient (Wildman–Crippen LogP) is 3.62. The maximum Gasteiger partial charge on any atom is 0.223 e. The van der Waals surface area contributed by atoms with Gasteiger partial charge in [-0.1, -0.05) is 52.8 Å². The van der Waals surface area contributed by atoms with Crippen molar-refractivity contribution < 1.29 is 13.2 Å². The summed E-state index contributed by atoms with van der Waals surface area (Å²) in [5.41, 5.74) is 3.14. The highest BCUT2D eigenvalue weighted by Crippen LogP contribution is 2.35. The van der Waals surface area contributed by atoms with E-state index in [1.165, 1.54) is 6.92 Å². The van der Waals surface area contributed by atoms with Crippen molar-refractivity contribution >= 4 is 21.6 Å². The van der Waals surface area contributed by atoms with Crippen molar-refractivity contribution in [1.29, 1.82) is 0 Å². The highest BCUT2D eigenvalue weighted by Gasteiger charge is 2.22. The van der Waals surface area contributed by atoms with E-state index in [1.807, 2.05) is 25.1 Å². The van der Waals surface area contributed by atoms with Gasteiger partial charge in [-0.3, -0.25) is 4.79 Å². The number of nitrogens with one attached hydrogen (secondary N) is 1. The van der Waals surface area contributed by atoms with Gasteiger partial charge in [0.15, 0.2) is 0 Å². The molecule has 0 aliphatic rings. The fraction of sp³-hybridized carbons (Fsp3) is 0.632. The van der Waals surface area contributed by atoms with E-state index in [4.69, 9.17) is 0 Å². The molecule has 1 rings (SSSR count). The summed E-state index contributed by atoms with van der Waals surface area (Å²) in [4.78, 5) is 14.0. The van der Waals surface area contributed by atoms with E-state index in [0.29, 0.717) is 13.0 Å². The van der Waals surface area contributed by atoms with Crippen molar-refractivity contribution in [3.63, 3.8) is 0 Å². The number of sulfonamides is 1. The van der Waals surface area contributed by atoms with Crippen LogP contribution in [0, 0.1) is 0 Å². The van der Waals surface area contributed by atoms with Crippen LogP contribution in [0.3, 0.4) is 0 Å². The summed E-state index contributed by atoms with van der Waals surface area (Å²) in [7, 11) is -3.28. The lowest BCUT2D eigenvalue weighted by atomic mass is 9.92. The minimum Gasteiger partial charge on any atom is -0.311 e. The zero-order chi connectivity index (χ0) is 19.2. The predicted molar refractivity (Wildman–Crippen MR) is 105 cm³/mol. The van der Waals surface area contributed by atoms with Crippen molar-refractivity contribution in [3.8, 4) is 0 Å².